The third-order valence-electron chi connectivity index (χ3n) is 7.37. The van der Waals surface area contributed by atoms with E-state index < -0.39 is 10.8 Å². The maximum absolute atomic E-state index is 13.3. The number of piperidine rings is 1. The van der Waals surface area contributed by atoms with Crippen LogP contribution in [0.3, 0.4) is 0 Å². The molecule has 0 spiro atoms. The fourth-order valence-electron chi connectivity index (χ4n) is 5.53. The highest BCUT2D eigenvalue weighted by atomic mass is 35.5. The second-order valence-electron chi connectivity index (χ2n) is 9.64. The van der Waals surface area contributed by atoms with Crippen molar-refractivity contribution in [3.63, 3.8) is 0 Å². The van der Waals surface area contributed by atoms with E-state index in [0.717, 1.165) is 38.5 Å². The lowest BCUT2D eigenvalue weighted by Crippen LogP contribution is -2.52. The predicted molar refractivity (Wildman–Crippen MR) is 118 cm³/mol. The molecule has 0 aromatic heterocycles. The van der Waals surface area contributed by atoms with Gasteiger partial charge in [-0.3, -0.25) is 13.8 Å². The molecule has 5 nitrogen and oxygen atoms in total. The maximum atomic E-state index is 13.3. The van der Waals surface area contributed by atoms with E-state index >= 15 is 0 Å². The van der Waals surface area contributed by atoms with E-state index in [9.17, 15) is 13.8 Å². The molecule has 3 aliphatic rings. The number of carbonyl (C=O) groups excluding carboxylic acids is 2. The number of alkyl halides is 1. The fourth-order valence-corrected chi connectivity index (χ4v) is 8.35. The molecule has 2 aliphatic carbocycles. The zero-order chi connectivity index (χ0) is 21.1. The van der Waals surface area contributed by atoms with Gasteiger partial charge in [0, 0.05) is 45.2 Å². The number of rotatable bonds is 5. The molecule has 0 aromatic rings. The van der Waals surface area contributed by atoms with Crippen LogP contribution in [-0.2, 0) is 20.4 Å². The monoisotopic (exact) mass is 444 g/mol. The van der Waals surface area contributed by atoms with Crippen LogP contribution in [0.15, 0.2) is 0 Å². The fraction of sp³-hybridized carbons (Fsp3) is 0.909. The Morgan fingerprint density at radius 3 is 2.48 bits per heavy atom. The second-order valence-corrected chi connectivity index (χ2v) is 12.2. The molecule has 0 bridgehead atoms. The van der Waals surface area contributed by atoms with Crippen molar-refractivity contribution in [2.24, 2.45) is 23.7 Å². The Morgan fingerprint density at radius 2 is 1.83 bits per heavy atom. The molecular weight excluding hydrogens is 408 g/mol. The number of hydrogen-bond acceptors (Lipinski definition) is 3. The molecule has 7 heteroatoms. The molecular formula is C22H37ClN2O3S. The molecule has 8 atom stereocenters. The van der Waals surface area contributed by atoms with Crippen molar-refractivity contribution in [2.75, 3.05) is 6.54 Å². The molecule has 2 amide bonds. The molecule has 29 heavy (non-hydrogen) atoms. The van der Waals surface area contributed by atoms with Gasteiger partial charge in [0.25, 0.3) is 0 Å². The summed E-state index contributed by atoms with van der Waals surface area (Å²) in [4.78, 5) is 25.3. The summed E-state index contributed by atoms with van der Waals surface area (Å²) < 4.78 is 13.3. The first-order valence-corrected chi connectivity index (χ1v) is 13.1. The first kappa shape index (κ1) is 23.1. The zero-order valence-corrected chi connectivity index (χ0v) is 19.6. The Labute approximate surface area is 182 Å². The van der Waals surface area contributed by atoms with Crippen molar-refractivity contribution < 1.29 is 13.8 Å². The summed E-state index contributed by atoms with van der Waals surface area (Å²) >= 11 is 6.53. The molecule has 1 heterocycles. The number of amides is 2. The van der Waals surface area contributed by atoms with Gasteiger partial charge in [-0.25, -0.2) is 0 Å². The van der Waals surface area contributed by atoms with E-state index in [0.29, 0.717) is 13.0 Å². The Morgan fingerprint density at radius 1 is 1.14 bits per heavy atom. The van der Waals surface area contributed by atoms with Gasteiger partial charge in [0.2, 0.25) is 11.8 Å². The quantitative estimate of drug-likeness (QED) is 0.638. The average molecular weight is 445 g/mol. The van der Waals surface area contributed by atoms with Crippen LogP contribution in [0.4, 0.5) is 0 Å². The van der Waals surface area contributed by atoms with Crippen LogP contribution >= 0.6 is 11.6 Å². The molecule has 8 unspecified atom stereocenters. The van der Waals surface area contributed by atoms with E-state index in [2.05, 4.69) is 24.5 Å². The zero-order valence-electron chi connectivity index (χ0n) is 18.0. The molecule has 166 valence electrons. The Balaban J connectivity index is 1.60. The average Bonchev–Trinajstić information content (AvgIpc) is 2.68. The summed E-state index contributed by atoms with van der Waals surface area (Å²) in [6.07, 6.45) is 7.91. The van der Waals surface area contributed by atoms with Crippen LogP contribution in [0.5, 0.6) is 0 Å². The summed E-state index contributed by atoms with van der Waals surface area (Å²) in [5, 5.41) is 6.15. The van der Waals surface area contributed by atoms with Crippen LogP contribution in [0.1, 0.15) is 72.1 Å². The minimum Gasteiger partial charge on any atom is -0.355 e. The van der Waals surface area contributed by atoms with Gasteiger partial charge in [0.1, 0.15) is 0 Å². The van der Waals surface area contributed by atoms with Gasteiger partial charge in [0.15, 0.2) is 0 Å². The van der Waals surface area contributed by atoms with E-state index in [1.165, 1.54) is 6.42 Å². The lowest BCUT2D eigenvalue weighted by atomic mass is 9.78. The highest BCUT2D eigenvalue weighted by Crippen LogP contribution is 2.38. The Bertz CT molecular complexity index is 625. The highest BCUT2D eigenvalue weighted by molar-refractivity contribution is 7.86. The van der Waals surface area contributed by atoms with Crippen LogP contribution in [-0.4, -0.2) is 44.5 Å². The third kappa shape index (κ3) is 5.55. The largest absolute Gasteiger partial charge is 0.355 e. The summed E-state index contributed by atoms with van der Waals surface area (Å²) in [6.45, 7) is 6.52. The lowest BCUT2D eigenvalue weighted by molar-refractivity contribution is -0.131. The Hall–Kier alpha value is -0.620. The van der Waals surface area contributed by atoms with Gasteiger partial charge in [-0.05, 0) is 50.9 Å². The first-order chi connectivity index (χ1) is 13.8. The van der Waals surface area contributed by atoms with Crippen molar-refractivity contribution in [1.29, 1.82) is 0 Å². The first-order valence-electron chi connectivity index (χ1n) is 11.4. The molecule has 1 saturated heterocycles. The normalized spacial score (nSPS) is 40.1. The SMILES string of the molecule is CC1CC(C)C(CNC(=O)C2CC(Cl)CC(S(=O)C3CCCCC3)C2C)C(=O)N1. The van der Waals surface area contributed by atoms with Crippen molar-refractivity contribution in [2.45, 2.75) is 94.1 Å². The number of halogens is 1. The van der Waals surface area contributed by atoms with Gasteiger partial charge in [-0.2, -0.15) is 0 Å². The van der Waals surface area contributed by atoms with Crippen molar-refractivity contribution in [1.82, 2.24) is 10.6 Å². The van der Waals surface area contributed by atoms with Gasteiger partial charge in [0.05, 0.1) is 5.92 Å². The Kier molecular flexibility index (Phi) is 8.05. The second kappa shape index (κ2) is 10.1. The van der Waals surface area contributed by atoms with E-state index in [1.807, 2.05) is 6.92 Å². The van der Waals surface area contributed by atoms with Crippen LogP contribution in [0.2, 0.25) is 0 Å². The topological polar surface area (TPSA) is 75.3 Å². The standard InChI is InChI=1S/C22H37ClN2O3S/c1-13-9-14(2)25-22(27)19(13)12-24-21(26)18-10-16(23)11-20(15(18)3)29(28)17-7-5-4-6-8-17/h13-20H,4-12H2,1-3H3,(H,24,26)(H,25,27). The van der Waals surface area contributed by atoms with Gasteiger partial charge in [-0.1, -0.05) is 33.1 Å². The summed E-state index contributed by atoms with van der Waals surface area (Å²) in [5.74, 6) is -0.134. The third-order valence-corrected chi connectivity index (χ3v) is 10.1. The van der Waals surface area contributed by atoms with Crippen LogP contribution < -0.4 is 10.6 Å². The minimum atomic E-state index is -0.933. The molecule has 1 aliphatic heterocycles. The number of nitrogens with one attached hydrogen (secondary N) is 2. The van der Waals surface area contributed by atoms with Crippen molar-refractivity contribution in [3.8, 4) is 0 Å². The van der Waals surface area contributed by atoms with E-state index in [1.54, 1.807) is 0 Å². The molecule has 3 fully saturated rings. The minimum absolute atomic E-state index is 0.0112. The predicted octanol–water partition coefficient (Wildman–Crippen LogP) is 3.37. The highest BCUT2D eigenvalue weighted by Gasteiger charge is 2.43. The maximum Gasteiger partial charge on any atom is 0.225 e. The lowest BCUT2D eigenvalue weighted by Gasteiger charge is -2.39. The molecule has 0 radical (unpaired) electrons. The van der Waals surface area contributed by atoms with Gasteiger partial charge >= 0.3 is 0 Å². The molecule has 2 N–H and O–H groups in total. The van der Waals surface area contributed by atoms with E-state index in [-0.39, 0.29) is 57.4 Å². The summed E-state index contributed by atoms with van der Waals surface area (Å²) in [5.41, 5.74) is 0. The van der Waals surface area contributed by atoms with E-state index in [4.69, 9.17) is 11.6 Å². The summed E-state index contributed by atoms with van der Waals surface area (Å²) in [7, 11) is -0.933. The number of hydrogen-bond donors (Lipinski definition) is 2. The van der Waals surface area contributed by atoms with Crippen molar-refractivity contribution in [3.05, 3.63) is 0 Å². The molecule has 3 rings (SSSR count). The number of carbonyl (C=O) groups is 2. The molecule has 2 saturated carbocycles. The van der Waals surface area contributed by atoms with Gasteiger partial charge in [-0.15, -0.1) is 11.6 Å². The smallest absolute Gasteiger partial charge is 0.225 e. The van der Waals surface area contributed by atoms with Crippen LogP contribution in [0.25, 0.3) is 0 Å². The summed E-state index contributed by atoms with van der Waals surface area (Å²) in [6, 6.07) is 0.190. The van der Waals surface area contributed by atoms with Crippen molar-refractivity contribution >= 4 is 34.2 Å². The van der Waals surface area contributed by atoms with Crippen LogP contribution in [0, 0.1) is 23.7 Å². The molecule has 0 aromatic carbocycles. The van der Waals surface area contributed by atoms with Gasteiger partial charge < -0.3 is 10.6 Å².